The first-order valence-electron chi connectivity index (χ1n) is 8.26. The lowest BCUT2D eigenvalue weighted by atomic mass is 10.2. The van der Waals surface area contributed by atoms with E-state index in [2.05, 4.69) is 10.4 Å². The highest BCUT2D eigenvalue weighted by molar-refractivity contribution is 6.32. The standard InChI is InChI=1S/C20H18ClN3O3/c1-13-10-18(25)19(23-24(13)17-9-4-3-8-16(17)21)20(26)22-12-14-6-5-7-15(11-14)27-2/h3-11H,12H2,1-2H3,(H,22,26). The van der Waals surface area contributed by atoms with Gasteiger partial charge < -0.3 is 10.1 Å². The number of nitrogens with zero attached hydrogens (tertiary/aromatic N) is 2. The van der Waals surface area contributed by atoms with E-state index in [1.807, 2.05) is 30.3 Å². The SMILES string of the molecule is COc1cccc(CNC(=O)c2nn(-c3ccccc3Cl)c(C)cc2=O)c1. The minimum absolute atomic E-state index is 0.191. The molecule has 0 bridgehead atoms. The molecule has 0 saturated carbocycles. The van der Waals surface area contributed by atoms with Crippen LogP contribution in [-0.4, -0.2) is 22.8 Å². The highest BCUT2D eigenvalue weighted by Crippen LogP contribution is 2.19. The predicted molar refractivity (Wildman–Crippen MR) is 104 cm³/mol. The Hall–Kier alpha value is -3.12. The molecule has 27 heavy (non-hydrogen) atoms. The average molecular weight is 384 g/mol. The van der Waals surface area contributed by atoms with Crippen LogP contribution in [-0.2, 0) is 6.54 Å². The van der Waals surface area contributed by atoms with Gasteiger partial charge in [0.25, 0.3) is 5.91 Å². The van der Waals surface area contributed by atoms with Crippen molar-refractivity contribution in [3.8, 4) is 11.4 Å². The van der Waals surface area contributed by atoms with Crippen molar-refractivity contribution in [1.29, 1.82) is 0 Å². The second-order valence-corrected chi connectivity index (χ2v) is 6.30. The second kappa shape index (κ2) is 8.05. The van der Waals surface area contributed by atoms with E-state index in [9.17, 15) is 9.59 Å². The maximum atomic E-state index is 12.5. The zero-order chi connectivity index (χ0) is 19.4. The third-order valence-electron chi connectivity index (χ3n) is 3.99. The number of aryl methyl sites for hydroxylation is 1. The monoisotopic (exact) mass is 383 g/mol. The molecule has 0 spiro atoms. The van der Waals surface area contributed by atoms with Gasteiger partial charge in [-0.3, -0.25) is 9.59 Å². The Kier molecular flexibility index (Phi) is 5.57. The van der Waals surface area contributed by atoms with Crippen molar-refractivity contribution in [2.45, 2.75) is 13.5 Å². The Morgan fingerprint density at radius 2 is 1.96 bits per heavy atom. The summed E-state index contributed by atoms with van der Waals surface area (Å²) in [6, 6.07) is 15.8. The lowest BCUT2D eigenvalue weighted by molar-refractivity contribution is 0.0943. The molecule has 1 heterocycles. The number of carbonyl (C=O) groups is 1. The van der Waals surface area contributed by atoms with E-state index in [4.69, 9.17) is 16.3 Å². The number of methoxy groups -OCH3 is 1. The van der Waals surface area contributed by atoms with Gasteiger partial charge in [-0.1, -0.05) is 35.9 Å². The minimum Gasteiger partial charge on any atom is -0.497 e. The number of amides is 1. The molecule has 7 heteroatoms. The molecule has 138 valence electrons. The number of aromatic nitrogens is 2. The molecular weight excluding hydrogens is 366 g/mol. The van der Waals surface area contributed by atoms with Crippen molar-refractivity contribution < 1.29 is 9.53 Å². The van der Waals surface area contributed by atoms with Gasteiger partial charge in [0.2, 0.25) is 5.43 Å². The Morgan fingerprint density at radius 1 is 1.19 bits per heavy atom. The first-order valence-corrected chi connectivity index (χ1v) is 8.64. The fourth-order valence-corrected chi connectivity index (χ4v) is 2.84. The summed E-state index contributed by atoms with van der Waals surface area (Å²) in [7, 11) is 1.57. The van der Waals surface area contributed by atoms with Crippen LogP contribution in [0, 0.1) is 6.92 Å². The van der Waals surface area contributed by atoms with Crippen LogP contribution in [0.1, 0.15) is 21.7 Å². The Balaban J connectivity index is 1.87. The summed E-state index contributed by atoms with van der Waals surface area (Å²) in [6.45, 7) is 1.98. The van der Waals surface area contributed by atoms with Crippen LogP contribution < -0.4 is 15.5 Å². The number of benzene rings is 2. The smallest absolute Gasteiger partial charge is 0.276 e. The molecule has 0 unspecified atom stereocenters. The van der Waals surface area contributed by atoms with Gasteiger partial charge in [-0.2, -0.15) is 5.10 Å². The molecule has 0 aliphatic rings. The van der Waals surface area contributed by atoms with Gasteiger partial charge in [0.15, 0.2) is 5.69 Å². The lowest BCUT2D eigenvalue weighted by Crippen LogP contribution is -2.31. The van der Waals surface area contributed by atoms with Crippen molar-refractivity contribution in [3.05, 3.63) is 86.8 Å². The fraction of sp³-hybridized carbons (Fsp3) is 0.150. The molecule has 2 aromatic carbocycles. The summed E-state index contributed by atoms with van der Waals surface area (Å²) in [6.07, 6.45) is 0. The van der Waals surface area contributed by atoms with Gasteiger partial charge in [-0.05, 0) is 36.8 Å². The molecule has 1 amide bonds. The van der Waals surface area contributed by atoms with Crippen molar-refractivity contribution in [2.75, 3.05) is 7.11 Å². The van der Waals surface area contributed by atoms with Gasteiger partial charge in [-0.25, -0.2) is 4.68 Å². The Bertz CT molecular complexity index is 1050. The predicted octanol–water partition coefficient (Wildman–Crippen LogP) is 3.13. The molecule has 3 aromatic rings. The van der Waals surface area contributed by atoms with E-state index in [0.717, 1.165) is 5.56 Å². The molecule has 0 fully saturated rings. The van der Waals surface area contributed by atoms with Crippen molar-refractivity contribution in [1.82, 2.24) is 15.1 Å². The number of hydrogen-bond donors (Lipinski definition) is 1. The largest absolute Gasteiger partial charge is 0.497 e. The highest BCUT2D eigenvalue weighted by atomic mass is 35.5. The van der Waals surface area contributed by atoms with E-state index in [0.29, 0.717) is 22.2 Å². The fourth-order valence-electron chi connectivity index (χ4n) is 2.62. The van der Waals surface area contributed by atoms with Gasteiger partial charge >= 0.3 is 0 Å². The summed E-state index contributed by atoms with van der Waals surface area (Å²) in [5, 5.41) is 7.42. The van der Waals surface area contributed by atoms with E-state index in [-0.39, 0.29) is 12.2 Å². The van der Waals surface area contributed by atoms with Crippen LogP contribution >= 0.6 is 11.6 Å². The summed E-state index contributed by atoms with van der Waals surface area (Å²) >= 11 is 6.22. The Morgan fingerprint density at radius 3 is 2.70 bits per heavy atom. The quantitative estimate of drug-likeness (QED) is 0.734. The van der Waals surface area contributed by atoms with Crippen LogP contribution in [0.5, 0.6) is 5.75 Å². The number of carbonyl (C=O) groups excluding carboxylic acids is 1. The molecular formula is C20H18ClN3O3. The van der Waals surface area contributed by atoms with Crippen LogP contribution in [0.3, 0.4) is 0 Å². The van der Waals surface area contributed by atoms with Crippen molar-refractivity contribution >= 4 is 17.5 Å². The molecule has 0 aliphatic heterocycles. The zero-order valence-electron chi connectivity index (χ0n) is 14.9. The minimum atomic E-state index is -0.552. The highest BCUT2D eigenvalue weighted by Gasteiger charge is 2.16. The van der Waals surface area contributed by atoms with Gasteiger partial charge in [-0.15, -0.1) is 0 Å². The lowest BCUT2D eigenvalue weighted by Gasteiger charge is -2.12. The maximum absolute atomic E-state index is 12.5. The van der Waals surface area contributed by atoms with Crippen LogP contribution in [0.2, 0.25) is 5.02 Å². The number of para-hydroxylation sites is 1. The molecule has 1 aromatic heterocycles. The number of halogens is 1. The van der Waals surface area contributed by atoms with E-state index < -0.39 is 11.3 Å². The number of hydrogen-bond acceptors (Lipinski definition) is 4. The summed E-state index contributed by atoms with van der Waals surface area (Å²) in [5.41, 5.74) is 1.39. The molecule has 3 rings (SSSR count). The zero-order valence-corrected chi connectivity index (χ0v) is 15.7. The molecule has 1 N–H and O–H groups in total. The van der Waals surface area contributed by atoms with Gasteiger partial charge in [0, 0.05) is 18.3 Å². The van der Waals surface area contributed by atoms with Crippen LogP contribution in [0.4, 0.5) is 0 Å². The first kappa shape index (κ1) is 18.7. The Labute approximate surface area is 161 Å². The third kappa shape index (κ3) is 4.17. The molecule has 0 atom stereocenters. The van der Waals surface area contributed by atoms with Crippen LogP contribution in [0.15, 0.2) is 59.4 Å². The molecule has 0 radical (unpaired) electrons. The number of nitrogens with one attached hydrogen (secondary N) is 1. The summed E-state index contributed by atoms with van der Waals surface area (Å²) < 4.78 is 6.65. The average Bonchev–Trinajstić information content (AvgIpc) is 2.67. The normalized spacial score (nSPS) is 10.5. The number of ether oxygens (including phenoxy) is 1. The molecule has 6 nitrogen and oxygen atoms in total. The second-order valence-electron chi connectivity index (χ2n) is 5.90. The van der Waals surface area contributed by atoms with Crippen LogP contribution in [0.25, 0.3) is 5.69 Å². The molecule has 0 saturated heterocycles. The first-order chi connectivity index (χ1) is 13.0. The van der Waals surface area contributed by atoms with Crippen molar-refractivity contribution in [2.24, 2.45) is 0 Å². The van der Waals surface area contributed by atoms with E-state index in [1.165, 1.54) is 10.7 Å². The molecule has 0 aliphatic carbocycles. The third-order valence-corrected chi connectivity index (χ3v) is 4.31. The maximum Gasteiger partial charge on any atom is 0.276 e. The van der Waals surface area contributed by atoms with E-state index in [1.54, 1.807) is 32.2 Å². The topological polar surface area (TPSA) is 73.2 Å². The van der Waals surface area contributed by atoms with Gasteiger partial charge in [0.1, 0.15) is 5.75 Å². The summed E-state index contributed by atoms with van der Waals surface area (Å²) in [5.74, 6) is 0.139. The van der Waals surface area contributed by atoms with Gasteiger partial charge in [0.05, 0.1) is 17.8 Å². The number of rotatable bonds is 5. The van der Waals surface area contributed by atoms with E-state index >= 15 is 0 Å². The summed E-state index contributed by atoms with van der Waals surface area (Å²) in [4.78, 5) is 24.8. The van der Waals surface area contributed by atoms with Crippen molar-refractivity contribution in [3.63, 3.8) is 0 Å².